The number of carbonyl (C=O) groups is 1. The predicted octanol–water partition coefficient (Wildman–Crippen LogP) is 1.62. The van der Waals surface area contributed by atoms with Gasteiger partial charge >= 0.3 is 0 Å². The molecule has 1 unspecified atom stereocenters. The van der Waals surface area contributed by atoms with Crippen molar-refractivity contribution in [2.45, 2.75) is 31.8 Å². The van der Waals surface area contributed by atoms with Crippen molar-refractivity contribution in [3.8, 4) is 5.75 Å². The second-order valence-electron chi connectivity index (χ2n) is 4.72. The highest BCUT2D eigenvalue weighted by molar-refractivity contribution is 5.78. The van der Waals surface area contributed by atoms with Crippen LogP contribution in [0.3, 0.4) is 0 Å². The first kappa shape index (κ1) is 12.9. The molecule has 0 aliphatic heterocycles. The Kier molecular flexibility index (Phi) is 4.20. The Labute approximate surface area is 108 Å². The molecule has 98 valence electrons. The summed E-state index contributed by atoms with van der Waals surface area (Å²) in [5.74, 6) is 0.873. The average molecular weight is 248 g/mol. The molecular weight excluding hydrogens is 228 g/mol. The van der Waals surface area contributed by atoms with E-state index in [1.165, 1.54) is 12.8 Å². The Bertz CT molecular complexity index is 399. The van der Waals surface area contributed by atoms with Gasteiger partial charge in [-0.1, -0.05) is 12.1 Å². The predicted molar refractivity (Wildman–Crippen MR) is 70.6 cm³/mol. The summed E-state index contributed by atoms with van der Waals surface area (Å²) in [5, 5.41) is 6.17. The summed E-state index contributed by atoms with van der Waals surface area (Å²) in [6, 6.07) is 8.33. The molecule has 1 amide bonds. The third-order valence-corrected chi connectivity index (χ3v) is 3.12. The van der Waals surface area contributed by atoms with Crippen LogP contribution in [0.25, 0.3) is 0 Å². The number of hydrogen-bond acceptors (Lipinski definition) is 3. The maximum atomic E-state index is 11.7. The molecule has 18 heavy (non-hydrogen) atoms. The molecule has 2 rings (SSSR count). The van der Waals surface area contributed by atoms with Crippen molar-refractivity contribution in [3.63, 3.8) is 0 Å². The lowest BCUT2D eigenvalue weighted by Crippen LogP contribution is -2.36. The lowest BCUT2D eigenvalue weighted by Gasteiger charge is -2.15. The fourth-order valence-electron chi connectivity index (χ4n) is 1.79. The van der Waals surface area contributed by atoms with Gasteiger partial charge in [0.2, 0.25) is 5.91 Å². The molecule has 1 aromatic rings. The van der Waals surface area contributed by atoms with Crippen LogP contribution in [0.1, 0.15) is 31.4 Å². The van der Waals surface area contributed by atoms with E-state index in [4.69, 9.17) is 4.74 Å². The minimum atomic E-state index is 0.0180. The van der Waals surface area contributed by atoms with Gasteiger partial charge in [0.15, 0.2) is 0 Å². The van der Waals surface area contributed by atoms with E-state index in [0.717, 1.165) is 11.3 Å². The fraction of sp³-hybridized carbons (Fsp3) is 0.500. The maximum Gasteiger partial charge on any atom is 0.234 e. The lowest BCUT2D eigenvalue weighted by atomic mass is 10.1. The van der Waals surface area contributed by atoms with Crippen molar-refractivity contribution in [1.82, 2.24) is 10.6 Å². The second kappa shape index (κ2) is 5.87. The van der Waals surface area contributed by atoms with Gasteiger partial charge in [0.1, 0.15) is 5.75 Å². The zero-order valence-corrected chi connectivity index (χ0v) is 10.9. The third kappa shape index (κ3) is 3.74. The van der Waals surface area contributed by atoms with Gasteiger partial charge in [-0.25, -0.2) is 0 Å². The summed E-state index contributed by atoms with van der Waals surface area (Å²) in [6.07, 6.45) is 2.39. The number of amides is 1. The highest BCUT2D eigenvalue weighted by Gasteiger charge is 2.21. The molecule has 0 heterocycles. The molecule has 0 saturated heterocycles. The van der Waals surface area contributed by atoms with E-state index in [9.17, 15) is 4.79 Å². The fourth-order valence-corrected chi connectivity index (χ4v) is 1.79. The molecule has 1 fully saturated rings. The molecule has 2 N–H and O–H groups in total. The van der Waals surface area contributed by atoms with Crippen LogP contribution < -0.4 is 15.4 Å². The first-order valence-electron chi connectivity index (χ1n) is 6.35. The van der Waals surface area contributed by atoms with Crippen molar-refractivity contribution >= 4 is 5.91 Å². The van der Waals surface area contributed by atoms with Crippen LogP contribution in [-0.4, -0.2) is 25.6 Å². The molecule has 1 aliphatic rings. The van der Waals surface area contributed by atoms with Crippen molar-refractivity contribution in [2.24, 2.45) is 0 Å². The van der Waals surface area contributed by atoms with Crippen molar-refractivity contribution in [3.05, 3.63) is 29.8 Å². The van der Waals surface area contributed by atoms with Crippen LogP contribution in [-0.2, 0) is 4.79 Å². The first-order chi connectivity index (χ1) is 8.69. The van der Waals surface area contributed by atoms with Crippen LogP contribution >= 0.6 is 0 Å². The van der Waals surface area contributed by atoms with Gasteiger partial charge < -0.3 is 15.4 Å². The van der Waals surface area contributed by atoms with E-state index < -0.39 is 0 Å². The number of ether oxygens (including phenoxy) is 1. The zero-order chi connectivity index (χ0) is 13.0. The first-order valence-corrected chi connectivity index (χ1v) is 6.35. The monoisotopic (exact) mass is 248 g/mol. The molecular formula is C14H20N2O2. The smallest absolute Gasteiger partial charge is 0.234 e. The normalized spacial score (nSPS) is 16.1. The minimum absolute atomic E-state index is 0.0180. The van der Waals surface area contributed by atoms with Gasteiger partial charge in [-0.05, 0) is 37.5 Å². The highest BCUT2D eigenvalue weighted by atomic mass is 16.5. The number of carbonyl (C=O) groups excluding carboxylic acids is 1. The Morgan fingerprint density at radius 3 is 2.61 bits per heavy atom. The quantitative estimate of drug-likeness (QED) is 0.804. The lowest BCUT2D eigenvalue weighted by molar-refractivity contribution is -0.120. The van der Waals surface area contributed by atoms with E-state index in [1.807, 2.05) is 31.2 Å². The van der Waals surface area contributed by atoms with Gasteiger partial charge in [-0.2, -0.15) is 0 Å². The summed E-state index contributed by atoms with van der Waals surface area (Å²) >= 11 is 0. The molecule has 1 aromatic carbocycles. The number of hydrogen-bond donors (Lipinski definition) is 2. The second-order valence-corrected chi connectivity index (χ2v) is 4.72. The largest absolute Gasteiger partial charge is 0.497 e. The average Bonchev–Trinajstić information content (AvgIpc) is 3.20. The van der Waals surface area contributed by atoms with E-state index in [1.54, 1.807) is 7.11 Å². The van der Waals surface area contributed by atoms with Crippen molar-refractivity contribution < 1.29 is 9.53 Å². The molecule has 0 aromatic heterocycles. The molecule has 0 spiro atoms. The van der Waals surface area contributed by atoms with Gasteiger partial charge in [-0.3, -0.25) is 4.79 Å². The van der Waals surface area contributed by atoms with Gasteiger partial charge in [0.05, 0.1) is 19.7 Å². The molecule has 1 aliphatic carbocycles. The van der Waals surface area contributed by atoms with Crippen LogP contribution in [0.4, 0.5) is 0 Å². The molecule has 4 heteroatoms. The zero-order valence-electron chi connectivity index (χ0n) is 10.9. The summed E-state index contributed by atoms with van der Waals surface area (Å²) in [6.45, 7) is 2.39. The van der Waals surface area contributed by atoms with Gasteiger partial charge in [0.25, 0.3) is 0 Å². The number of benzene rings is 1. The third-order valence-electron chi connectivity index (χ3n) is 3.12. The van der Waals surface area contributed by atoms with E-state index >= 15 is 0 Å². The SMILES string of the molecule is COc1ccc(C(C)NC(=O)CNC2CC2)cc1. The van der Waals surface area contributed by atoms with Crippen LogP contribution in [0.2, 0.25) is 0 Å². The molecule has 1 saturated carbocycles. The maximum absolute atomic E-state index is 11.7. The Balaban J connectivity index is 1.81. The molecule has 4 nitrogen and oxygen atoms in total. The Hall–Kier alpha value is -1.55. The minimum Gasteiger partial charge on any atom is -0.497 e. The highest BCUT2D eigenvalue weighted by Crippen LogP contribution is 2.18. The topological polar surface area (TPSA) is 50.4 Å². The van der Waals surface area contributed by atoms with E-state index in [2.05, 4.69) is 10.6 Å². The van der Waals surface area contributed by atoms with Gasteiger partial charge in [-0.15, -0.1) is 0 Å². The Morgan fingerprint density at radius 1 is 1.39 bits per heavy atom. The number of nitrogens with one attached hydrogen (secondary N) is 2. The summed E-state index contributed by atoms with van der Waals surface area (Å²) < 4.78 is 5.10. The van der Waals surface area contributed by atoms with Crippen LogP contribution in [0.15, 0.2) is 24.3 Å². The standard InChI is InChI=1S/C14H20N2O2/c1-10(11-3-7-13(18-2)8-4-11)16-14(17)9-15-12-5-6-12/h3-4,7-8,10,12,15H,5-6,9H2,1-2H3,(H,16,17). The van der Waals surface area contributed by atoms with Crippen molar-refractivity contribution in [2.75, 3.05) is 13.7 Å². The summed E-state index contributed by atoms with van der Waals surface area (Å²) in [4.78, 5) is 11.7. The summed E-state index contributed by atoms with van der Waals surface area (Å²) in [5.41, 5.74) is 1.08. The molecule has 0 radical (unpaired) electrons. The molecule has 1 atom stereocenters. The Morgan fingerprint density at radius 2 is 2.06 bits per heavy atom. The van der Waals surface area contributed by atoms with E-state index in [-0.39, 0.29) is 11.9 Å². The van der Waals surface area contributed by atoms with Crippen molar-refractivity contribution in [1.29, 1.82) is 0 Å². The number of rotatable bonds is 6. The van der Waals surface area contributed by atoms with Gasteiger partial charge in [0, 0.05) is 6.04 Å². The van der Waals surface area contributed by atoms with Crippen LogP contribution in [0.5, 0.6) is 5.75 Å². The number of methoxy groups -OCH3 is 1. The summed E-state index contributed by atoms with van der Waals surface area (Å²) in [7, 11) is 1.64. The molecule has 0 bridgehead atoms. The van der Waals surface area contributed by atoms with E-state index in [0.29, 0.717) is 12.6 Å². The van der Waals surface area contributed by atoms with Crippen LogP contribution in [0, 0.1) is 0 Å².